The number of imidazole rings is 1. The van der Waals surface area contributed by atoms with Gasteiger partial charge in [-0.1, -0.05) is 18.2 Å². The fourth-order valence-electron chi connectivity index (χ4n) is 4.50. The molecule has 1 aliphatic heterocycles. The Morgan fingerprint density at radius 3 is 2.52 bits per heavy atom. The molecular weight excluding hydrogens is 549 g/mol. The second-order valence-electron chi connectivity index (χ2n) is 9.95. The number of hydrogen-bond acceptors (Lipinski definition) is 6. The third-order valence-corrected chi connectivity index (χ3v) is 6.86. The van der Waals surface area contributed by atoms with E-state index in [-0.39, 0.29) is 18.0 Å². The van der Waals surface area contributed by atoms with Gasteiger partial charge in [-0.05, 0) is 55.4 Å². The van der Waals surface area contributed by atoms with Gasteiger partial charge in [0.15, 0.2) is 5.82 Å². The molecule has 218 valence electrons. The molecule has 2 aromatic carbocycles. The van der Waals surface area contributed by atoms with Crippen molar-refractivity contribution in [3.63, 3.8) is 0 Å². The lowest BCUT2D eigenvalue weighted by atomic mass is 10.1. The number of carbonyl (C=O) groups is 2. The molecule has 12 heteroatoms. The normalized spacial score (nSPS) is 14.0. The van der Waals surface area contributed by atoms with Crippen LogP contribution in [-0.2, 0) is 12.6 Å². The molecule has 4 aromatic rings. The van der Waals surface area contributed by atoms with Crippen molar-refractivity contribution in [2.24, 2.45) is 0 Å². The van der Waals surface area contributed by atoms with Gasteiger partial charge in [0.05, 0.1) is 11.8 Å². The van der Waals surface area contributed by atoms with Crippen molar-refractivity contribution in [3.05, 3.63) is 95.4 Å². The number of H-pyrrole nitrogens is 1. The topological polar surface area (TPSA) is 103 Å². The van der Waals surface area contributed by atoms with Gasteiger partial charge in [0.1, 0.15) is 22.9 Å². The van der Waals surface area contributed by atoms with E-state index in [9.17, 15) is 22.8 Å². The Morgan fingerprint density at radius 2 is 1.74 bits per heavy atom. The van der Waals surface area contributed by atoms with Gasteiger partial charge in [-0.15, -0.1) is 0 Å². The minimum Gasteiger partial charge on any atom is -0.457 e. The predicted octanol–water partition coefficient (Wildman–Crippen LogP) is 4.64. The van der Waals surface area contributed by atoms with Gasteiger partial charge in [-0.3, -0.25) is 14.6 Å². The minimum absolute atomic E-state index is 0.0530. The molecule has 1 aliphatic rings. The van der Waals surface area contributed by atoms with Gasteiger partial charge in [-0.25, -0.2) is 4.98 Å². The summed E-state index contributed by atoms with van der Waals surface area (Å²) < 4.78 is 44.9. The highest BCUT2D eigenvalue weighted by Crippen LogP contribution is 2.29. The Hall–Kier alpha value is -4.71. The zero-order valence-corrected chi connectivity index (χ0v) is 22.8. The van der Waals surface area contributed by atoms with E-state index in [0.29, 0.717) is 48.2 Å². The molecule has 2 aromatic heterocycles. The number of pyridine rings is 1. The summed E-state index contributed by atoms with van der Waals surface area (Å²) in [5, 5.41) is 2.66. The lowest BCUT2D eigenvalue weighted by Gasteiger charge is -2.32. The minimum atomic E-state index is -4.52. The number of aromatic amines is 1. The molecule has 0 radical (unpaired) electrons. The van der Waals surface area contributed by atoms with Crippen LogP contribution in [0.5, 0.6) is 11.5 Å². The Morgan fingerprint density at radius 1 is 0.976 bits per heavy atom. The number of likely N-dealkylation sites (N-methyl/N-ethyl adjacent to an activating group) is 1. The summed E-state index contributed by atoms with van der Waals surface area (Å²) in [6.45, 7) is 3.19. The molecule has 5 rings (SSSR count). The second kappa shape index (κ2) is 12.4. The Labute approximate surface area is 240 Å². The Bertz CT molecular complexity index is 1560. The molecule has 2 N–H and O–H groups in total. The average Bonchev–Trinajstić information content (AvgIpc) is 3.48. The van der Waals surface area contributed by atoms with E-state index in [1.54, 1.807) is 29.3 Å². The van der Waals surface area contributed by atoms with Crippen molar-refractivity contribution in [2.75, 3.05) is 39.8 Å². The maximum atomic E-state index is 12.9. The van der Waals surface area contributed by atoms with E-state index in [0.717, 1.165) is 30.8 Å². The number of aromatic nitrogens is 3. The van der Waals surface area contributed by atoms with E-state index in [1.807, 2.05) is 25.2 Å². The standard InChI is InChI=1S/C30H29F3N6O3/c1-38-12-14-39(15-13-38)29(41)26-19-36-27(37-26)25-18-24(9-11-34-25)42-23-7-2-4-20(16-23)8-10-35-28(40)21-5-3-6-22(17-21)30(31,32)33/h2-7,9,11,16-19H,8,10,12-15H2,1H3,(H,35,40)(H,36,37). The third kappa shape index (κ3) is 7.13. The van der Waals surface area contributed by atoms with Crippen LogP contribution in [0.25, 0.3) is 11.5 Å². The van der Waals surface area contributed by atoms with Crippen molar-refractivity contribution in [1.29, 1.82) is 0 Å². The summed E-state index contributed by atoms with van der Waals surface area (Å²) in [6.07, 6.45) is -0.973. The van der Waals surface area contributed by atoms with Crippen molar-refractivity contribution >= 4 is 11.8 Å². The molecule has 0 bridgehead atoms. The van der Waals surface area contributed by atoms with Crippen molar-refractivity contribution in [1.82, 2.24) is 30.1 Å². The number of carbonyl (C=O) groups excluding carboxylic acids is 2. The molecule has 9 nitrogen and oxygen atoms in total. The van der Waals surface area contributed by atoms with Gasteiger partial charge >= 0.3 is 6.18 Å². The number of nitrogens with one attached hydrogen (secondary N) is 2. The van der Waals surface area contributed by atoms with Crippen LogP contribution in [0.4, 0.5) is 13.2 Å². The number of nitrogens with zero attached hydrogens (tertiary/aromatic N) is 4. The van der Waals surface area contributed by atoms with E-state index in [1.165, 1.54) is 18.3 Å². The summed E-state index contributed by atoms with van der Waals surface area (Å²) in [6, 6.07) is 15.0. The Kier molecular flexibility index (Phi) is 8.53. The number of alkyl halides is 3. The number of halogens is 3. The van der Waals surface area contributed by atoms with E-state index < -0.39 is 17.6 Å². The fraction of sp³-hybridized carbons (Fsp3) is 0.267. The van der Waals surface area contributed by atoms with Gasteiger partial charge in [0, 0.05) is 50.6 Å². The number of rotatable bonds is 8. The SMILES string of the molecule is CN1CCN(C(=O)c2cnc(-c3cc(Oc4cccc(CCNC(=O)c5cccc(C(F)(F)F)c5)c4)ccn3)[nH]2)CC1. The summed E-state index contributed by atoms with van der Waals surface area (Å²) in [7, 11) is 2.03. The van der Waals surface area contributed by atoms with E-state index in [2.05, 4.69) is 25.2 Å². The highest BCUT2D eigenvalue weighted by Gasteiger charge is 2.31. The molecule has 0 aliphatic carbocycles. The van der Waals surface area contributed by atoms with Crippen LogP contribution < -0.4 is 10.1 Å². The molecule has 0 atom stereocenters. The summed E-state index contributed by atoms with van der Waals surface area (Å²) in [5.41, 5.74) is 0.854. The fourth-order valence-corrected chi connectivity index (χ4v) is 4.50. The zero-order chi connectivity index (χ0) is 29.7. The summed E-state index contributed by atoms with van der Waals surface area (Å²) in [4.78, 5) is 41.0. The lowest BCUT2D eigenvalue weighted by Crippen LogP contribution is -2.47. The summed E-state index contributed by atoms with van der Waals surface area (Å²) in [5.74, 6) is 0.835. The number of ether oxygens (including phenoxy) is 1. The highest BCUT2D eigenvalue weighted by atomic mass is 19.4. The number of hydrogen-bond donors (Lipinski definition) is 2. The molecule has 42 heavy (non-hydrogen) atoms. The maximum Gasteiger partial charge on any atom is 0.416 e. The first-order valence-electron chi connectivity index (χ1n) is 13.4. The van der Waals surface area contributed by atoms with Crippen molar-refractivity contribution < 1.29 is 27.5 Å². The Balaban J connectivity index is 1.18. The zero-order valence-electron chi connectivity index (χ0n) is 22.8. The molecule has 0 spiro atoms. The molecule has 1 fully saturated rings. The van der Waals surface area contributed by atoms with Crippen LogP contribution in [-0.4, -0.2) is 76.3 Å². The first-order valence-corrected chi connectivity index (χ1v) is 13.4. The van der Waals surface area contributed by atoms with Crippen LogP contribution in [0.1, 0.15) is 32.0 Å². The van der Waals surface area contributed by atoms with E-state index >= 15 is 0 Å². The molecule has 0 unspecified atom stereocenters. The first kappa shape index (κ1) is 28.8. The number of benzene rings is 2. The smallest absolute Gasteiger partial charge is 0.416 e. The van der Waals surface area contributed by atoms with Crippen LogP contribution in [0.15, 0.2) is 73.1 Å². The van der Waals surface area contributed by atoms with Crippen molar-refractivity contribution in [2.45, 2.75) is 12.6 Å². The van der Waals surface area contributed by atoms with Gasteiger partial charge < -0.3 is 24.8 Å². The van der Waals surface area contributed by atoms with Crippen LogP contribution in [0, 0.1) is 0 Å². The average molecular weight is 579 g/mol. The van der Waals surface area contributed by atoms with Crippen LogP contribution in [0.3, 0.4) is 0 Å². The van der Waals surface area contributed by atoms with Crippen LogP contribution >= 0.6 is 0 Å². The van der Waals surface area contributed by atoms with Gasteiger partial charge in [0.2, 0.25) is 0 Å². The number of piperazine rings is 1. The molecule has 2 amide bonds. The van der Waals surface area contributed by atoms with E-state index in [4.69, 9.17) is 4.74 Å². The molecule has 0 saturated carbocycles. The lowest BCUT2D eigenvalue weighted by molar-refractivity contribution is -0.137. The maximum absolute atomic E-state index is 12.9. The van der Waals surface area contributed by atoms with Crippen molar-refractivity contribution in [3.8, 4) is 23.0 Å². The first-order chi connectivity index (χ1) is 20.2. The van der Waals surface area contributed by atoms with Crippen LogP contribution in [0.2, 0.25) is 0 Å². The summed E-state index contributed by atoms with van der Waals surface area (Å²) >= 11 is 0. The largest absolute Gasteiger partial charge is 0.457 e. The molecule has 3 heterocycles. The number of amides is 2. The second-order valence-corrected chi connectivity index (χ2v) is 9.95. The predicted molar refractivity (Wildman–Crippen MR) is 149 cm³/mol. The monoisotopic (exact) mass is 578 g/mol. The molecule has 1 saturated heterocycles. The van der Waals surface area contributed by atoms with Gasteiger partial charge in [0.25, 0.3) is 11.8 Å². The quantitative estimate of drug-likeness (QED) is 0.316. The molecular formula is C30H29F3N6O3. The third-order valence-electron chi connectivity index (χ3n) is 6.86. The van der Waals surface area contributed by atoms with Gasteiger partial charge in [-0.2, -0.15) is 13.2 Å². The highest BCUT2D eigenvalue weighted by molar-refractivity contribution is 5.94.